The fourth-order valence-corrected chi connectivity index (χ4v) is 2.57. The van der Waals surface area contributed by atoms with E-state index in [0.717, 1.165) is 23.3 Å². The Morgan fingerprint density at radius 2 is 2.11 bits per heavy atom. The van der Waals surface area contributed by atoms with Crippen LogP contribution in [0.4, 0.5) is 0 Å². The van der Waals surface area contributed by atoms with Crippen molar-refractivity contribution < 1.29 is 9.84 Å². The number of ether oxygens (including phenoxy) is 1. The molecule has 2 aromatic rings. The number of aliphatic hydroxyl groups excluding tert-OH is 1. The van der Waals surface area contributed by atoms with Crippen molar-refractivity contribution >= 4 is 11.6 Å². The van der Waals surface area contributed by atoms with Crippen molar-refractivity contribution in [3.63, 3.8) is 0 Å². The lowest BCUT2D eigenvalue weighted by Gasteiger charge is -2.13. The summed E-state index contributed by atoms with van der Waals surface area (Å²) in [5.41, 5.74) is 2.73. The zero-order valence-electron chi connectivity index (χ0n) is 10.2. The summed E-state index contributed by atoms with van der Waals surface area (Å²) in [7, 11) is 0. The van der Waals surface area contributed by atoms with Crippen molar-refractivity contribution in [2.45, 2.75) is 18.9 Å². The zero-order chi connectivity index (χ0) is 13.2. The van der Waals surface area contributed by atoms with Crippen LogP contribution in [0.1, 0.15) is 22.8 Å². The van der Waals surface area contributed by atoms with E-state index in [1.165, 1.54) is 6.33 Å². The molecule has 5 heteroatoms. The van der Waals surface area contributed by atoms with E-state index in [2.05, 4.69) is 9.97 Å². The minimum Gasteiger partial charge on any atom is -0.493 e. The van der Waals surface area contributed by atoms with Gasteiger partial charge < -0.3 is 9.84 Å². The highest BCUT2D eigenvalue weighted by Crippen LogP contribution is 2.35. The summed E-state index contributed by atoms with van der Waals surface area (Å²) in [6.45, 7) is 0.674. The molecule has 4 nitrogen and oxygen atoms in total. The highest BCUT2D eigenvalue weighted by molar-refractivity contribution is 6.30. The molecule has 1 aromatic heterocycles. The van der Waals surface area contributed by atoms with Crippen LogP contribution in [0.25, 0.3) is 0 Å². The Bertz CT molecular complexity index is 589. The van der Waals surface area contributed by atoms with Gasteiger partial charge in [0.1, 0.15) is 12.1 Å². The molecule has 19 heavy (non-hydrogen) atoms. The van der Waals surface area contributed by atoms with Crippen LogP contribution in [0.5, 0.6) is 5.75 Å². The van der Waals surface area contributed by atoms with Crippen molar-refractivity contribution in [2.75, 3.05) is 6.61 Å². The smallest absolute Gasteiger partial charge is 0.126 e. The summed E-state index contributed by atoms with van der Waals surface area (Å²) in [4.78, 5) is 7.82. The van der Waals surface area contributed by atoms with Gasteiger partial charge in [0, 0.05) is 35.8 Å². The van der Waals surface area contributed by atoms with Crippen molar-refractivity contribution in [1.82, 2.24) is 9.97 Å². The molecule has 1 aliphatic heterocycles. The molecule has 1 atom stereocenters. The van der Waals surface area contributed by atoms with Crippen LogP contribution in [0.3, 0.4) is 0 Å². The molecule has 0 fully saturated rings. The summed E-state index contributed by atoms with van der Waals surface area (Å²) >= 11 is 6.10. The van der Waals surface area contributed by atoms with Gasteiger partial charge in [-0.2, -0.15) is 0 Å². The maximum absolute atomic E-state index is 10.2. The molecule has 2 heterocycles. The fraction of sp³-hybridized carbons (Fsp3) is 0.286. The summed E-state index contributed by atoms with van der Waals surface area (Å²) in [6.07, 6.45) is 5.32. The van der Waals surface area contributed by atoms with E-state index >= 15 is 0 Å². The average molecular weight is 277 g/mol. The second-order valence-corrected chi connectivity index (χ2v) is 4.98. The van der Waals surface area contributed by atoms with Gasteiger partial charge in [-0.15, -0.1) is 0 Å². The molecule has 3 rings (SSSR count). The van der Waals surface area contributed by atoms with E-state index < -0.39 is 6.10 Å². The molecule has 0 radical (unpaired) electrons. The van der Waals surface area contributed by atoms with Crippen molar-refractivity contribution in [3.05, 3.63) is 52.6 Å². The van der Waals surface area contributed by atoms with Gasteiger partial charge in [0.2, 0.25) is 0 Å². The standard InChI is InChI=1S/C14H13ClN2O2/c15-12-3-9-1-2-19-14(9)10(4-12)5-13(18)11-6-16-8-17-7-11/h3-4,6-8,13,18H,1-2,5H2. The maximum Gasteiger partial charge on any atom is 0.126 e. The van der Waals surface area contributed by atoms with Gasteiger partial charge in [-0.3, -0.25) is 0 Å². The quantitative estimate of drug-likeness (QED) is 0.935. The minimum absolute atomic E-state index is 0.441. The highest BCUT2D eigenvalue weighted by atomic mass is 35.5. The summed E-state index contributed by atoms with van der Waals surface area (Å²) in [5, 5.41) is 10.9. The first-order chi connectivity index (χ1) is 9.24. The number of fused-ring (bicyclic) bond motifs is 1. The van der Waals surface area contributed by atoms with E-state index in [-0.39, 0.29) is 0 Å². The van der Waals surface area contributed by atoms with Crippen LogP contribution in [-0.4, -0.2) is 21.7 Å². The van der Waals surface area contributed by atoms with Crippen molar-refractivity contribution in [3.8, 4) is 5.75 Å². The number of rotatable bonds is 3. The lowest BCUT2D eigenvalue weighted by molar-refractivity contribution is 0.176. The number of aliphatic hydroxyl groups is 1. The molecular formula is C14H13ClN2O2. The normalized spacial score (nSPS) is 14.8. The second kappa shape index (κ2) is 5.15. The van der Waals surface area contributed by atoms with Crippen LogP contribution in [0.15, 0.2) is 30.9 Å². The van der Waals surface area contributed by atoms with E-state index in [0.29, 0.717) is 23.6 Å². The number of aromatic nitrogens is 2. The van der Waals surface area contributed by atoms with Crippen molar-refractivity contribution in [1.29, 1.82) is 0 Å². The highest BCUT2D eigenvalue weighted by Gasteiger charge is 2.20. The van der Waals surface area contributed by atoms with Crippen LogP contribution in [0, 0.1) is 0 Å². The third-order valence-corrected chi connectivity index (χ3v) is 3.42. The molecule has 0 spiro atoms. The minimum atomic E-state index is -0.659. The lowest BCUT2D eigenvalue weighted by atomic mass is 10.0. The van der Waals surface area contributed by atoms with E-state index in [9.17, 15) is 5.11 Å². The van der Waals surface area contributed by atoms with Gasteiger partial charge in [0.05, 0.1) is 12.7 Å². The molecule has 98 valence electrons. The molecule has 0 aliphatic carbocycles. The molecule has 0 saturated heterocycles. The first-order valence-corrected chi connectivity index (χ1v) is 6.49. The Morgan fingerprint density at radius 1 is 1.32 bits per heavy atom. The molecule has 0 bridgehead atoms. The van der Waals surface area contributed by atoms with Crippen LogP contribution in [-0.2, 0) is 12.8 Å². The summed E-state index contributed by atoms with van der Waals surface area (Å²) < 4.78 is 5.62. The lowest BCUT2D eigenvalue weighted by Crippen LogP contribution is -2.04. The van der Waals surface area contributed by atoms with Gasteiger partial charge in [0.25, 0.3) is 0 Å². The maximum atomic E-state index is 10.2. The Labute approximate surface area is 116 Å². The summed E-state index contributed by atoms with van der Waals surface area (Å²) in [5.74, 6) is 0.861. The van der Waals surface area contributed by atoms with E-state index in [1.807, 2.05) is 12.1 Å². The number of nitrogens with zero attached hydrogens (tertiary/aromatic N) is 2. The summed E-state index contributed by atoms with van der Waals surface area (Å²) in [6, 6.07) is 3.77. The zero-order valence-corrected chi connectivity index (χ0v) is 11.0. The van der Waals surface area contributed by atoms with Crippen molar-refractivity contribution in [2.24, 2.45) is 0 Å². The van der Waals surface area contributed by atoms with Gasteiger partial charge in [-0.25, -0.2) is 9.97 Å². The average Bonchev–Trinajstić information content (AvgIpc) is 2.88. The van der Waals surface area contributed by atoms with Crippen LogP contribution < -0.4 is 4.74 Å². The topological polar surface area (TPSA) is 55.2 Å². The SMILES string of the molecule is OC(Cc1cc(Cl)cc2c1OCC2)c1cncnc1. The van der Waals surface area contributed by atoms with Gasteiger partial charge in [-0.1, -0.05) is 11.6 Å². The third kappa shape index (κ3) is 2.55. The number of benzene rings is 1. The first kappa shape index (κ1) is 12.4. The fourth-order valence-electron chi connectivity index (χ4n) is 2.31. The molecular weight excluding hydrogens is 264 g/mol. The molecule has 0 saturated carbocycles. The van der Waals surface area contributed by atoms with Gasteiger partial charge in [0.15, 0.2) is 0 Å². The number of hydrogen-bond donors (Lipinski definition) is 1. The Hall–Kier alpha value is -1.65. The number of hydrogen-bond acceptors (Lipinski definition) is 4. The second-order valence-electron chi connectivity index (χ2n) is 4.54. The van der Waals surface area contributed by atoms with E-state index in [4.69, 9.17) is 16.3 Å². The Balaban J connectivity index is 1.88. The molecule has 1 aliphatic rings. The molecule has 1 aromatic carbocycles. The Morgan fingerprint density at radius 3 is 2.89 bits per heavy atom. The van der Waals surface area contributed by atoms with Crippen LogP contribution in [0.2, 0.25) is 5.02 Å². The predicted octanol–water partition coefficient (Wildman–Crippen LogP) is 2.34. The predicted molar refractivity (Wildman–Crippen MR) is 71.3 cm³/mol. The first-order valence-electron chi connectivity index (χ1n) is 6.11. The monoisotopic (exact) mass is 276 g/mol. The van der Waals surface area contributed by atoms with Gasteiger partial charge >= 0.3 is 0 Å². The number of halogens is 1. The Kier molecular flexibility index (Phi) is 3.36. The third-order valence-electron chi connectivity index (χ3n) is 3.20. The molecule has 1 N–H and O–H groups in total. The van der Waals surface area contributed by atoms with E-state index in [1.54, 1.807) is 12.4 Å². The van der Waals surface area contributed by atoms with Crippen LogP contribution >= 0.6 is 11.6 Å². The molecule has 1 unspecified atom stereocenters. The molecule has 0 amide bonds. The largest absolute Gasteiger partial charge is 0.493 e. The van der Waals surface area contributed by atoms with Gasteiger partial charge in [-0.05, 0) is 23.3 Å².